The van der Waals surface area contributed by atoms with Gasteiger partial charge in [-0.2, -0.15) is 0 Å². The summed E-state index contributed by atoms with van der Waals surface area (Å²) in [6, 6.07) is 0. The molecule has 0 aliphatic carbocycles. The van der Waals surface area contributed by atoms with Crippen molar-refractivity contribution in [3.8, 4) is 0 Å². The minimum absolute atomic E-state index is 0.305. The van der Waals surface area contributed by atoms with Gasteiger partial charge >= 0.3 is 11.9 Å². The van der Waals surface area contributed by atoms with Gasteiger partial charge in [-0.1, -0.05) is 0 Å². The maximum absolute atomic E-state index is 10.3. The largest absolute Gasteiger partial charge is 0.481 e. The Kier molecular flexibility index (Phi) is 4.35. The number of carbonyl (C=O) groups excluding carboxylic acids is 2. The lowest BCUT2D eigenvalue weighted by atomic mass is 10.3. The molecule has 1 N–H and O–H groups in total. The van der Waals surface area contributed by atoms with Gasteiger partial charge in [-0.15, -0.1) is 0 Å². The van der Waals surface area contributed by atoms with Crippen LogP contribution < -0.4 is 0 Å². The van der Waals surface area contributed by atoms with Crippen molar-refractivity contribution >= 4 is 18.0 Å². The second-order valence-corrected chi connectivity index (χ2v) is 1.54. The first kappa shape index (κ1) is 9.32. The Morgan fingerprint density at radius 3 is 2.55 bits per heavy atom. The van der Waals surface area contributed by atoms with Crippen molar-refractivity contribution in [2.24, 2.45) is 5.16 Å². The van der Waals surface area contributed by atoms with Gasteiger partial charge in [0.2, 0.25) is 0 Å². The topological polar surface area (TPSA) is 93.0 Å². The maximum Gasteiger partial charge on any atom is 0.336 e. The molecule has 60 valence electrons. The number of rotatable bonds is 4. The number of carboxylic acid groups (broad SMARTS) is 1. The van der Waals surface area contributed by atoms with Gasteiger partial charge in [-0.3, -0.25) is 4.79 Å². The van der Waals surface area contributed by atoms with Crippen molar-refractivity contribution < 1.29 is 24.3 Å². The quantitative estimate of drug-likeness (QED) is 0.262. The summed E-state index contributed by atoms with van der Waals surface area (Å²) >= 11 is 0. The molecule has 0 fully saturated rings. The Balaban J connectivity index is 3.53. The number of hydrogen-bond acceptors (Lipinski definition) is 5. The Hall–Kier alpha value is -1.68. The molecule has 0 saturated carbocycles. The predicted octanol–water partition coefficient (Wildman–Crippen LogP) is -0.355. The molecule has 0 aliphatic heterocycles. The Morgan fingerprint density at radius 1 is 1.45 bits per heavy atom. The van der Waals surface area contributed by atoms with Crippen LogP contribution in [0.3, 0.4) is 0 Å². The molecule has 0 heterocycles. The molecule has 0 unspecified atom stereocenters. The molecule has 0 aromatic rings. The Bertz CT molecular complexity index is 205. The van der Waals surface area contributed by atoms with Gasteiger partial charge in [0.1, 0.15) is 0 Å². The first-order valence-corrected chi connectivity index (χ1v) is 2.65. The third-order valence-corrected chi connectivity index (χ3v) is 0.728. The third-order valence-electron chi connectivity index (χ3n) is 0.728. The third kappa shape index (κ3) is 6.20. The number of aliphatic carboxylic acids is 1. The average molecular weight is 159 g/mol. The van der Waals surface area contributed by atoms with E-state index in [0.717, 1.165) is 6.08 Å². The van der Waals surface area contributed by atoms with Gasteiger partial charge in [0, 0.05) is 5.16 Å². The highest BCUT2D eigenvalue weighted by Crippen LogP contribution is 1.91. The highest BCUT2D eigenvalue weighted by molar-refractivity contribution is 5.76. The monoisotopic (exact) mass is 159 g/mol. The summed E-state index contributed by atoms with van der Waals surface area (Å²) in [4.78, 5) is 33.4. The number of carboxylic acids is 1. The molecule has 0 atom stereocenters. The molecule has 0 aliphatic rings. The molecule has 0 radical (unpaired) electrons. The van der Waals surface area contributed by atoms with Gasteiger partial charge in [-0.05, 0) is 0 Å². The molecule has 11 heavy (non-hydrogen) atoms. The highest BCUT2D eigenvalue weighted by Gasteiger charge is 2.05. The smallest absolute Gasteiger partial charge is 0.336 e. The van der Waals surface area contributed by atoms with Crippen LogP contribution in [0.5, 0.6) is 0 Å². The molecule has 0 rings (SSSR count). The van der Waals surface area contributed by atoms with Gasteiger partial charge < -0.3 is 9.94 Å². The van der Waals surface area contributed by atoms with E-state index in [1.165, 1.54) is 0 Å². The van der Waals surface area contributed by atoms with Crippen LogP contribution in [0.4, 0.5) is 0 Å². The molecular formula is C5H5NO5. The van der Waals surface area contributed by atoms with E-state index in [9.17, 15) is 14.4 Å². The molecule has 6 nitrogen and oxygen atoms in total. The Labute approximate surface area is 61.4 Å². The Morgan fingerprint density at radius 2 is 2.09 bits per heavy atom. The molecule has 0 aromatic carbocycles. The normalized spacial score (nSPS) is 8.00. The van der Waals surface area contributed by atoms with Crippen LogP contribution in [0, 0.1) is 0 Å². The minimum Gasteiger partial charge on any atom is -0.481 e. The highest BCUT2D eigenvalue weighted by atomic mass is 16.7. The van der Waals surface area contributed by atoms with Gasteiger partial charge in [0.05, 0.1) is 12.8 Å². The first-order chi connectivity index (χ1) is 5.16. The first-order valence-electron chi connectivity index (χ1n) is 2.65. The van der Waals surface area contributed by atoms with E-state index in [1.54, 1.807) is 0 Å². The summed E-state index contributed by atoms with van der Waals surface area (Å²) in [6.45, 7) is 0. The van der Waals surface area contributed by atoms with Gasteiger partial charge in [-0.25, -0.2) is 9.59 Å². The lowest BCUT2D eigenvalue weighted by Crippen LogP contribution is -2.03. The zero-order valence-electron chi connectivity index (χ0n) is 5.44. The van der Waals surface area contributed by atoms with E-state index in [-0.39, 0.29) is 12.8 Å². The summed E-state index contributed by atoms with van der Waals surface area (Å²) in [5.41, 5.74) is 0. The van der Waals surface area contributed by atoms with Crippen molar-refractivity contribution in [3.63, 3.8) is 0 Å². The lowest BCUT2D eigenvalue weighted by Gasteiger charge is -1.90. The van der Waals surface area contributed by atoms with Crippen LogP contribution in [0.1, 0.15) is 12.8 Å². The SMILES string of the molecule is O=C=NOC(=O)CCC(=O)O. The van der Waals surface area contributed by atoms with Crippen LogP contribution in [0.15, 0.2) is 5.16 Å². The molecule has 6 heteroatoms. The summed E-state index contributed by atoms with van der Waals surface area (Å²) in [7, 11) is 0. The summed E-state index contributed by atoms with van der Waals surface area (Å²) < 4.78 is 0. The molecule has 0 spiro atoms. The minimum atomic E-state index is -1.11. The van der Waals surface area contributed by atoms with Crippen molar-refractivity contribution in [1.29, 1.82) is 0 Å². The maximum atomic E-state index is 10.3. The fourth-order valence-electron chi connectivity index (χ4n) is 0.324. The number of nitrogens with zero attached hydrogens (tertiary/aromatic N) is 1. The van der Waals surface area contributed by atoms with E-state index in [4.69, 9.17) is 5.11 Å². The van der Waals surface area contributed by atoms with Crippen molar-refractivity contribution in [1.82, 2.24) is 0 Å². The van der Waals surface area contributed by atoms with Gasteiger partial charge in [0.15, 0.2) is 0 Å². The van der Waals surface area contributed by atoms with Crippen LogP contribution >= 0.6 is 0 Å². The van der Waals surface area contributed by atoms with Gasteiger partial charge in [0.25, 0.3) is 6.08 Å². The second-order valence-electron chi connectivity index (χ2n) is 1.54. The number of hydrogen-bond donors (Lipinski definition) is 1. The van der Waals surface area contributed by atoms with E-state index >= 15 is 0 Å². The summed E-state index contributed by atoms with van der Waals surface area (Å²) in [6.07, 6.45) is 0.326. The standard InChI is InChI=1S/C5H5NO5/c7-3-6-11-5(10)2-1-4(8)9/h1-2H2,(H,8,9). The summed E-state index contributed by atoms with van der Waals surface area (Å²) in [5.74, 6) is -1.98. The number of carbonyl (C=O) groups is 2. The fourth-order valence-corrected chi connectivity index (χ4v) is 0.324. The van der Waals surface area contributed by atoms with E-state index in [2.05, 4.69) is 9.99 Å². The fraction of sp³-hybridized carbons (Fsp3) is 0.400. The predicted molar refractivity (Wildman–Crippen MR) is 31.1 cm³/mol. The van der Waals surface area contributed by atoms with Crippen LogP contribution in [0.25, 0.3) is 0 Å². The zero-order valence-corrected chi connectivity index (χ0v) is 5.44. The summed E-state index contributed by atoms with van der Waals surface area (Å²) in [5, 5.41) is 10.6. The second kappa shape index (κ2) is 5.13. The zero-order chi connectivity index (χ0) is 8.69. The van der Waals surface area contributed by atoms with E-state index < -0.39 is 11.9 Å². The van der Waals surface area contributed by atoms with E-state index in [0.29, 0.717) is 0 Å². The molecular weight excluding hydrogens is 154 g/mol. The van der Waals surface area contributed by atoms with Crippen molar-refractivity contribution in [3.05, 3.63) is 0 Å². The molecule has 0 aromatic heterocycles. The lowest BCUT2D eigenvalue weighted by molar-refractivity contribution is -0.147. The van der Waals surface area contributed by atoms with Crippen LogP contribution in [-0.2, 0) is 19.2 Å². The molecule has 0 saturated heterocycles. The molecule has 0 bridgehead atoms. The van der Waals surface area contributed by atoms with E-state index in [1.807, 2.05) is 0 Å². The average Bonchev–Trinajstić information content (AvgIpc) is 1.97. The van der Waals surface area contributed by atoms with Crippen molar-refractivity contribution in [2.75, 3.05) is 0 Å². The van der Waals surface area contributed by atoms with Crippen LogP contribution in [-0.4, -0.2) is 23.1 Å². The van der Waals surface area contributed by atoms with Crippen molar-refractivity contribution in [2.45, 2.75) is 12.8 Å². The molecule has 0 amide bonds. The number of isocyanates is 1. The van der Waals surface area contributed by atoms with Crippen LogP contribution in [0.2, 0.25) is 0 Å².